The van der Waals surface area contributed by atoms with Gasteiger partial charge in [0.05, 0.1) is 17.4 Å². The molecule has 1 fully saturated rings. The lowest BCUT2D eigenvalue weighted by atomic mass is 9.89. The lowest BCUT2D eigenvalue weighted by molar-refractivity contribution is -0.148. The number of thiazole rings is 1. The molecule has 0 bridgehead atoms. The number of aliphatic carboxylic acids is 1. The Labute approximate surface area is 317 Å². The van der Waals surface area contributed by atoms with Gasteiger partial charge in [0.15, 0.2) is 6.10 Å². The molecule has 0 aliphatic carbocycles. The van der Waals surface area contributed by atoms with E-state index in [1.165, 1.54) is 24.5 Å². The number of carboxylic acid groups (broad SMARTS) is 1. The summed E-state index contributed by atoms with van der Waals surface area (Å²) >= 11 is 1.17. The van der Waals surface area contributed by atoms with Gasteiger partial charge in [0.2, 0.25) is 5.91 Å². The first-order valence-electron chi connectivity index (χ1n) is 18.4. The van der Waals surface area contributed by atoms with Crippen LogP contribution in [0.5, 0.6) is 0 Å². The van der Waals surface area contributed by atoms with E-state index in [1.807, 2.05) is 58.7 Å². The fraction of sp³-hybridized carbons (Fsp3) is 0.615. The predicted molar refractivity (Wildman–Crippen MR) is 207 cm³/mol. The number of anilines is 1. The number of carbonyl (C=O) groups is 5. The standard InChI is InChI=1S/C39H58N6O7S/c1-10-24(4)30(21-41-38(51)39(7)16-11-17-44(39)8)36(48)45(9)32(23(2)3)20-33(52-26(6)46)35-43-31(22-53-35)34(47)42-29(18-25(5)37(49)50)19-27-12-14-28(40)15-13-27/h12-15,21-25,29-30,32-33H,10-11,16-20,40H2,1-9H3,(H,42,47)(H,49,50)/t24-,25-,29+,30?,32+,33+,39+/m0/s1. The van der Waals surface area contributed by atoms with E-state index in [0.29, 0.717) is 30.0 Å². The van der Waals surface area contributed by atoms with Crippen molar-refractivity contribution in [2.75, 3.05) is 26.4 Å². The van der Waals surface area contributed by atoms with E-state index in [-0.39, 0.29) is 42.2 Å². The zero-order valence-electron chi connectivity index (χ0n) is 32.6. The zero-order chi connectivity index (χ0) is 39.6. The van der Waals surface area contributed by atoms with Gasteiger partial charge in [0.1, 0.15) is 10.7 Å². The highest BCUT2D eigenvalue weighted by Gasteiger charge is 2.41. The number of nitrogens with one attached hydrogen (secondary N) is 1. The smallest absolute Gasteiger partial charge is 0.306 e. The van der Waals surface area contributed by atoms with E-state index in [1.54, 1.807) is 36.4 Å². The summed E-state index contributed by atoms with van der Waals surface area (Å²) < 4.78 is 5.76. The number of nitrogens with zero attached hydrogens (tertiary/aromatic N) is 4. The number of aliphatic imine (C=N–C) groups is 1. The number of hydrogen-bond donors (Lipinski definition) is 3. The summed E-state index contributed by atoms with van der Waals surface area (Å²) in [5.74, 6) is -3.92. The van der Waals surface area contributed by atoms with Gasteiger partial charge in [-0.3, -0.25) is 28.9 Å². The van der Waals surface area contributed by atoms with Gasteiger partial charge >= 0.3 is 11.9 Å². The number of esters is 1. The van der Waals surface area contributed by atoms with Gasteiger partial charge in [-0.25, -0.2) is 9.98 Å². The highest BCUT2D eigenvalue weighted by atomic mass is 32.1. The molecule has 1 unspecified atom stereocenters. The Morgan fingerprint density at radius 2 is 1.81 bits per heavy atom. The van der Waals surface area contributed by atoms with Crippen molar-refractivity contribution in [3.8, 4) is 0 Å². The number of nitrogens with two attached hydrogens (primary N) is 1. The van der Waals surface area contributed by atoms with Crippen molar-refractivity contribution in [2.24, 2.45) is 28.7 Å². The second kappa shape index (κ2) is 19.2. The van der Waals surface area contributed by atoms with E-state index in [2.05, 4.69) is 15.3 Å². The van der Waals surface area contributed by atoms with E-state index < -0.39 is 53.4 Å². The highest BCUT2D eigenvalue weighted by Crippen LogP contribution is 2.32. The van der Waals surface area contributed by atoms with E-state index in [4.69, 9.17) is 10.5 Å². The maximum Gasteiger partial charge on any atom is 0.306 e. The Balaban J connectivity index is 1.83. The van der Waals surface area contributed by atoms with E-state index in [9.17, 15) is 29.1 Å². The Morgan fingerprint density at radius 1 is 1.15 bits per heavy atom. The number of aromatic nitrogens is 1. The summed E-state index contributed by atoms with van der Waals surface area (Å²) in [6.07, 6.45) is 3.78. The van der Waals surface area contributed by atoms with Crippen molar-refractivity contribution in [3.63, 3.8) is 0 Å². The maximum absolute atomic E-state index is 14.2. The lowest BCUT2D eigenvalue weighted by Crippen LogP contribution is -2.47. The van der Waals surface area contributed by atoms with E-state index in [0.717, 1.165) is 18.5 Å². The third-order valence-electron chi connectivity index (χ3n) is 10.6. The van der Waals surface area contributed by atoms with Crippen LogP contribution < -0.4 is 11.1 Å². The normalized spacial score (nSPS) is 19.7. The fourth-order valence-electron chi connectivity index (χ4n) is 6.72. The van der Waals surface area contributed by atoms with Crippen LogP contribution in [-0.2, 0) is 30.3 Å². The van der Waals surface area contributed by atoms with Gasteiger partial charge in [-0.05, 0) is 75.7 Å². The molecule has 1 aliphatic rings. The molecule has 0 saturated carbocycles. The molecule has 4 N–H and O–H groups in total. The van der Waals surface area contributed by atoms with Crippen LogP contribution in [0.2, 0.25) is 0 Å². The van der Waals surface area contributed by atoms with Gasteiger partial charge in [0.25, 0.3) is 11.8 Å². The van der Waals surface area contributed by atoms with Crippen LogP contribution in [0.4, 0.5) is 5.69 Å². The number of benzene rings is 1. The minimum atomic E-state index is -0.965. The first-order chi connectivity index (χ1) is 24.9. The van der Waals surface area contributed by atoms with Crippen LogP contribution in [0, 0.1) is 23.7 Å². The molecule has 13 nitrogen and oxygen atoms in total. The molecule has 53 heavy (non-hydrogen) atoms. The lowest BCUT2D eigenvalue weighted by Gasteiger charge is -2.36. The van der Waals surface area contributed by atoms with Gasteiger partial charge in [-0.2, -0.15) is 0 Å². The summed E-state index contributed by atoms with van der Waals surface area (Å²) in [5.41, 5.74) is 6.73. The van der Waals surface area contributed by atoms with Gasteiger partial charge in [-0.15, -0.1) is 11.3 Å². The number of likely N-dealkylation sites (N-methyl/N-ethyl adjacent to an activating group) is 1. The van der Waals surface area contributed by atoms with Gasteiger partial charge in [0, 0.05) is 49.8 Å². The first-order valence-corrected chi connectivity index (χ1v) is 19.3. The van der Waals surface area contributed by atoms with Crippen molar-refractivity contribution >= 4 is 52.9 Å². The Bertz CT molecular complexity index is 1610. The highest BCUT2D eigenvalue weighted by molar-refractivity contribution is 7.09. The van der Waals surface area contributed by atoms with Crippen molar-refractivity contribution < 1.29 is 33.8 Å². The van der Waals surface area contributed by atoms with Crippen LogP contribution in [0.1, 0.15) is 108 Å². The minimum absolute atomic E-state index is 0.0581. The van der Waals surface area contributed by atoms with Crippen LogP contribution in [0.25, 0.3) is 0 Å². The molecule has 1 aromatic carbocycles. The summed E-state index contributed by atoms with van der Waals surface area (Å²) in [7, 11) is 3.63. The van der Waals surface area contributed by atoms with Gasteiger partial charge in [-0.1, -0.05) is 53.2 Å². The average molecular weight is 755 g/mol. The minimum Gasteiger partial charge on any atom is -0.481 e. The molecule has 1 aliphatic heterocycles. The van der Waals surface area contributed by atoms with Crippen LogP contribution in [-0.4, -0.2) is 94.0 Å². The van der Waals surface area contributed by atoms with Gasteiger partial charge < -0.3 is 25.8 Å². The summed E-state index contributed by atoms with van der Waals surface area (Å²) in [6.45, 7) is 13.5. The molecular weight excluding hydrogens is 697 g/mol. The summed E-state index contributed by atoms with van der Waals surface area (Å²) in [5, 5.41) is 14.5. The predicted octanol–water partition coefficient (Wildman–Crippen LogP) is 5.40. The Hall–Kier alpha value is -4.17. The summed E-state index contributed by atoms with van der Waals surface area (Å²) in [6, 6.07) is 6.28. The number of rotatable bonds is 18. The number of carboxylic acids is 1. The fourth-order valence-corrected chi connectivity index (χ4v) is 7.56. The molecule has 14 heteroatoms. The van der Waals surface area contributed by atoms with Crippen LogP contribution in [0.15, 0.2) is 34.6 Å². The topological polar surface area (TPSA) is 185 Å². The number of amides is 3. The maximum atomic E-state index is 14.2. The van der Waals surface area contributed by atoms with Crippen LogP contribution >= 0.6 is 11.3 Å². The number of hydrogen-bond acceptors (Lipinski definition) is 10. The SMILES string of the molecule is CC[C@H](C)C(C=NC(=O)[C@@]1(C)CCCN1C)C(=O)N(C)[C@H](C[C@@H](OC(C)=O)c1nc(C(=O)N[C@@H](Cc2ccc(N)cc2)C[C@H](C)C(=O)O)cs1)C(C)C. The Kier molecular flexibility index (Phi) is 15.7. The quantitative estimate of drug-likeness (QED) is 0.101. The largest absolute Gasteiger partial charge is 0.481 e. The van der Waals surface area contributed by atoms with Crippen molar-refractivity contribution in [1.82, 2.24) is 20.1 Å². The molecule has 2 aromatic rings. The first kappa shape index (κ1) is 43.2. The Morgan fingerprint density at radius 3 is 2.36 bits per heavy atom. The second-order valence-corrected chi connectivity index (χ2v) is 15.9. The molecule has 1 saturated heterocycles. The molecule has 1 aromatic heterocycles. The molecule has 2 heterocycles. The molecule has 3 rings (SSSR count). The molecular formula is C39H58N6O7S. The third-order valence-corrected chi connectivity index (χ3v) is 11.6. The average Bonchev–Trinajstić information content (AvgIpc) is 3.73. The number of likely N-dealkylation sites (tertiary alicyclic amines) is 1. The van der Waals surface area contributed by atoms with E-state index >= 15 is 0 Å². The van der Waals surface area contributed by atoms with Crippen molar-refractivity contribution in [1.29, 1.82) is 0 Å². The third kappa shape index (κ3) is 11.7. The van der Waals surface area contributed by atoms with Crippen LogP contribution in [0.3, 0.4) is 0 Å². The molecule has 0 radical (unpaired) electrons. The monoisotopic (exact) mass is 754 g/mol. The number of ether oxygens (including phenoxy) is 1. The zero-order valence-corrected chi connectivity index (χ0v) is 33.4. The van der Waals surface area contributed by atoms with Crippen molar-refractivity contribution in [3.05, 3.63) is 45.9 Å². The second-order valence-electron chi connectivity index (χ2n) is 15.0. The van der Waals surface area contributed by atoms with Crippen molar-refractivity contribution in [2.45, 2.75) is 111 Å². The molecule has 3 amide bonds. The molecule has 292 valence electrons. The molecule has 0 spiro atoms. The molecule has 7 atom stereocenters. The summed E-state index contributed by atoms with van der Waals surface area (Å²) in [4.78, 5) is 77.5. The number of carbonyl (C=O) groups excluding carboxylic acids is 4. The number of nitrogen functional groups attached to an aromatic ring is 1.